The highest BCUT2D eigenvalue weighted by atomic mass is 16.5. The van der Waals surface area contributed by atoms with E-state index in [-0.39, 0.29) is 5.69 Å². The Hall–Kier alpha value is -1.52. The largest absolute Gasteiger partial charge is 0.461 e. The molecule has 1 aromatic rings. The van der Waals surface area contributed by atoms with E-state index in [1.807, 2.05) is 4.57 Å². The third-order valence-electron chi connectivity index (χ3n) is 3.00. The van der Waals surface area contributed by atoms with Crippen molar-refractivity contribution in [2.45, 2.75) is 33.2 Å². The Kier molecular flexibility index (Phi) is 2.61. The minimum atomic E-state index is -0.445. The number of hydrogen-bond acceptors (Lipinski definition) is 4. The summed E-state index contributed by atoms with van der Waals surface area (Å²) in [6.45, 7) is 5.13. The average molecular weight is 223 g/mol. The zero-order valence-corrected chi connectivity index (χ0v) is 9.69. The number of nitrogens with zero attached hydrogens (tertiary/aromatic N) is 2. The molecule has 0 amide bonds. The van der Waals surface area contributed by atoms with Crippen LogP contribution in [0.3, 0.4) is 0 Å². The fourth-order valence-electron chi connectivity index (χ4n) is 1.66. The van der Waals surface area contributed by atoms with Crippen molar-refractivity contribution >= 4 is 11.8 Å². The zero-order valence-electron chi connectivity index (χ0n) is 9.69. The lowest BCUT2D eigenvalue weighted by atomic mass is 10.1. The lowest BCUT2D eigenvalue weighted by molar-refractivity contribution is 0.0521. The summed E-state index contributed by atoms with van der Waals surface area (Å²) in [7, 11) is 0. The second kappa shape index (κ2) is 3.81. The summed E-state index contributed by atoms with van der Waals surface area (Å²) in [6, 6.07) is 0. The number of anilines is 1. The van der Waals surface area contributed by atoms with Crippen molar-refractivity contribution in [1.29, 1.82) is 0 Å². The van der Waals surface area contributed by atoms with Gasteiger partial charge in [0, 0.05) is 6.54 Å². The number of aromatic nitrogens is 2. The van der Waals surface area contributed by atoms with Crippen LogP contribution in [0.5, 0.6) is 0 Å². The molecular formula is C11H17N3O2. The van der Waals surface area contributed by atoms with Gasteiger partial charge in [0.05, 0.1) is 12.9 Å². The SMILES string of the molecule is CCOC(=O)c1ncn(CC2(C)CC2)c1N. The Balaban J connectivity index is 2.13. The highest BCUT2D eigenvalue weighted by Crippen LogP contribution is 2.46. The second-order valence-electron chi connectivity index (χ2n) is 4.64. The number of rotatable bonds is 4. The van der Waals surface area contributed by atoms with Crippen LogP contribution in [0.15, 0.2) is 6.33 Å². The van der Waals surface area contributed by atoms with Crippen LogP contribution < -0.4 is 5.73 Å². The Morgan fingerprint density at radius 1 is 1.69 bits per heavy atom. The van der Waals surface area contributed by atoms with Gasteiger partial charge in [0.15, 0.2) is 5.69 Å². The van der Waals surface area contributed by atoms with Gasteiger partial charge in [0.2, 0.25) is 0 Å². The van der Waals surface area contributed by atoms with Crippen LogP contribution in [-0.2, 0) is 11.3 Å². The van der Waals surface area contributed by atoms with Crippen molar-refractivity contribution in [3.8, 4) is 0 Å². The van der Waals surface area contributed by atoms with Gasteiger partial charge in [-0.1, -0.05) is 6.92 Å². The van der Waals surface area contributed by atoms with Crippen molar-refractivity contribution in [2.24, 2.45) is 5.41 Å². The molecule has 5 nitrogen and oxygen atoms in total. The Labute approximate surface area is 94.6 Å². The first kappa shape index (κ1) is 11.0. The van der Waals surface area contributed by atoms with Gasteiger partial charge in [-0.15, -0.1) is 0 Å². The van der Waals surface area contributed by atoms with Crippen LogP contribution >= 0.6 is 0 Å². The molecule has 1 saturated carbocycles. The molecule has 0 atom stereocenters. The number of carbonyl (C=O) groups is 1. The number of nitrogens with two attached hydrogens (primary N) is 1. The standard InChI is InChI=1S/C11H17N3O2/c1-3-16-10(15)8-9(12)14(7-13-8)6-11(2)4-5-11/h7H,3-6,12H2,1-2H3. The molecule has 0 aromatic carbocycles. The Bertz CT molecular complexity index is 407. The van der Waals surface area contributed by atoms with Gasteiger partial charge in [0.25, 0.3) is 0 Å². The van der Waals surface area contributed by atoms with E-state index in [2.05, 4.69) is 11.9 Å². The molecule has 0 spiro atoms. The van der Waals surface area contributed by atoms with Crippen molar-refractivity contribution in [1.82, 2.24) is 9.55 Å². The molecule has 1 aromatic heterocycles. The first-order valence-electron chi connectivity index (χ1n) is 5.53. The minimum absolute atomic E-state index is 0.228. The summed E-state index contributed by atoms with van der Waals surface area (Å²) < 4.78 is 6.71. The van der Waals surface area contributed by atoms with E-state index in [0.717, 1.165) is 6.54 Å². The van der Waals surface area contributed by atoms with Crippen LogP contribution in [0.1, 0.15) is 37.2 Å². The van der Waals surface area contributed by atoms with Gasteiger partial charge in [-0.25, -0.2) is 9.78 Å². The summed E-state index contributed by atoms with van der Waals surface area (Å²) >= 11 is 0. The van der Waals surface area contributed by atoms with Gasteiger partial charge in [-0.2, -0.15) is 0 Å². The van der Waals surface area contributed by atoms with Crippen LogP contribution in [0.2, 0.25) is 0 Å². The third kappa shape index (κ3) is 2.03. The summed E-state index contributed by atoms with van der Waals surface area (Å²) in [5.41, 5.74) is 6.43. The number of carbonyl (C=O) groups excluding carboxylic acids is 1. The van der Waals surface area contributed by atoms with E-state index >= 15 is 0 Å². The lowest BCUT2D eigenvalue weighted by Gasteiger charge is -2.10. The second-order valence-corrected chi connectivity index (χ2v) is 4.64. The number of nitrogen functional groups attached to an aromatic ring is 1. The summed E-state index contributed by atoms with van der Waals surface area (Å²) in [5, 5.41) is 0. The maximum Gasteiger partial charge on any atom is 0.360 e. The fraction of sp³-hybridized carbons (Fsp3) is 0.636. The molecule has 5 heteroatoms. The first-order chi connectivity index (χ1) is 7.56. The molecule has 0 unspecified atom stereocenters. The quantitative estimate of drug-likeness (QED) is 0.784. The molecule has 1 fully saturated rings. The summed E-state index contributed by atoms with van der Waals surface area (Å²) in [4.78, 5) is 15.5. The van der Waals surface area contributed by atoms with E-state index in [9.17, 15) is 4.79 Å². The van der Waals surface area contributed by atoms with Gasteiger partial charge in [0.1, 0.15) is 5.82 Å². The predicted octanol–water partition coefficient (Wildman–Crippen LogP) is 1.44. The van der Waals surface area contributed by atoms with Crippen molar-refractivity contribution in [3.63, 3.8) is 0 Å². The van der Waals surface area contributed by atoms with Crippen LogP contribution in [-0.4, -0.2) is 22.1 Å². The smallest absolute Gasteiger partial charge is 0.360 e. The van der Waals surface area contributed by atoms with E-state index in [4.69, 9.17) is 10.5 Å². The molecule has 88 valence electrons. The number of imidazole rings is 1. The number of ether oxygens (including phenoxy) is 1. The molecule has 2 N–H and O–H groups in total. The third-order valence-corrected chi connectivity index (χ3v) is 3.00. The summed E-state index contributed by atoms with van der Waals surface area (Å²) in [6.07, 6.45) is 4.03. The minimum Gasteiger partial charge on any atom is -0.461 e. The van der Waals surface area contributed by atoms with Crippen molar-refractivity contribution < 1.29 is 9.53 Å². The first-order valence-corrected chi connectivity index (χ1v) is 5.53. The number of hydrogen-bond donors (Lipinski definition) is 1. The maximum absolute atomic E-state index is 11.5. The molecule has 1 heterocycles. The van der Waals surface area contributed by atoms with Gasteiger partial charge in [-0.3, -0.25) is 0 Å². The predicted molar refractivity (Wildman–Crippen MR) is 59.9 cm³/mol. The molecule has 0 bridgehead atoms. The van der Waals surface area contributed by atoms with Gasteiger partial charge < -0.3 is 15.0 Å². The van der Waals surface area contributed by atoms with Crippen molar-refractivity contribution in [3.05, 3.63) is 12.0 Å². The maximum atomic E-state index is 11.5. The average Bonchev–Trinajstić information content (AvgIpc) is 2.84. The van der Waals surface area contributed by atoms with E-state index in [0.29, 0.717) is 17.8 Å². The topological polar surface area (TPSA) is 70.1 Å². The molecule has 16 heavy (non-hydrogen) atoms. The molecule has 0 aliphatic heterocycles. The molecule has 2 rings (SSSR count). The van der Waals surface area contributed by atoms with E-state index in [1.54, 1.807) is 13.3 Å². The lowest BCUT2D eigenvalue weighted by Crippen LogP contribution is -2.13. The summed E-state index contributed by atoms with van der Waals surface area (Å²) in [5.74, 6) is -0.0359. The van der Waals surface area contributed by atoms with Gasteiger partial charge in [-0.05, 0) is 25.2 Å². The molecule has 1 aliphatic carbocycles. The molecule has 0 radical (unpaired) electrons. The molecular weight excluding hydrogens is 206 g/mol. The highest BCUT2D eigenvalue weighted by Gasteiger charge is 2.38. The highest BCUT2D eigenvalue weighted by molar-refractivity contribution is 5.92. The van der Waals surface area contributed by atoms with Crippen LogP contribution in [0.4, 0.5) is 5.82 Å². The fourth-order valence-corrected chi connectivity index (χ4v) is 1.66. The van der Waals surface area contributed by atoms with Crippen molar-refractivity contribution in [2.75, 3.05) is 12.3 Å². The van der Waals surface area contributed by atoms with Crippen LogP contribution in [0, 0.1) is 5.41 Å². The molecule has 0 saturated heterocycles. The van der Waals surface area contributed by atoms with Crippen LogP contribution in [0.25, 0.3) is 0 Å². The van der Waals surface area contributed by atoms with Gasteiger partial charge >= 0.3 is 5.97 Å². The Morgan fingerprint density at radius 2 is 2.38 bits per heavy atom. The number of esters is 1. The molecule has 1 aliphatic rings. The normalized spacial score (nSPS) is 17.1. The zero-order chi connectivity index (χ0) is 11.8. The Morgan fingerprint density at radius 3 is 2.94 bits per heavy atom. The van der Waals surface area contributed by atoms with E-state index < -0.39 is 5.97 Å². The van der Waals surface area contributed by atoms with E-state index in [1.165, 1.54) is 12.8 Å². The monoisotopic (exact) mass is 223 g/mol.